The number of nitrogens with one attached hydrogen (secondary N) is 1. The molecule has 1 N–H and O–H groups in total. The summed E-state index contributed by atoms with van der Waals surface area (Å²) in [5, 5.41) is 17.9. The largest absolute Gasteiger partial charge is 0.389 e. The second-order valence-electron chi connectivity index (χ2n) is 5.02. The van der Waals surface area contributed by atoms with Crippen LogP contribution in [-0.4, -0.2) is 27.3 Å². The molecule has 0 bridgehead atoms. The van der Waals surface area contributed by atoms with Gasteiger partial charge in [-0.05, 0) is 23.7 Å². The molecule has 1 fully saturated rings. The van der Waals surface area contributed by atoms with Crippen LogP contribution in [0, 0.1) is 16.0 Å². The van der Waals surface area contributed by atoms with Gasteiger partial charge in [-0.15, -0.1) is 0 Å². The molecule has 0 amide bonds. The van der Waals surface area contributed by atoms with Gasteiger partial charge in [0.25, 0.3) is 0 Å². The van der Waals surface area contributed by atoms with E-state index in [9.17, 15) is 10.1 Å². The van der Waals surface area contributed by atoms with Crippen molar-refractivity contribution < 1.29 is 4.92 Å². The van der Waals surface area contributed by atoms with Crippen molar-refractivity contribution in [1.82, 2.24) is 15.1 Å². The van der Waals surface area contributed by atoms with E-state index in [2.05, 4.69) is 17.3 Å². The third-order valence-corrected chi connectivity index (χ3v) is 3.67. The van der Waals surface area contributed by atoms with Crippen LogP contribution in [0.3, 0.4) is 0 Å². The van der Waals surface area contributed by atoms with Gasteiger partial charge in [0.05, 0.1) is 23.9 Å². The molecule has 0 spiro atoms. The van der Waals surface area contributed by atoms with Crippen LogP contribution >= 0.6 is 0 Å². The lowest BCUT2D eigenvalue weighted by Crippen LogP contribution is -2.38. The fraction of sp³-hybridized carbons (Fsp3) is 0.750. The molecule has 1 aromatic rings. The first-order chi connectivity index (χ1) is 8.66. The molecular weight excluding hydrogens is 232 g/mol. The van der Waals surface area contributed by atoms with Crippen molar-refractivity contribution in [2.24, 2.45) is 5.92 Å². The Bertz CT molecular complexity index is 405. The smallest absolute Gasteiger partial charge is 0.358 e. The lowest BCUT2D eigenvalue weighted by molar-refractivity contribution is -0.389. The molecule has 0 aromatic carbocycles. The quantitative estimate of drug-likeness (QED) is 0.642. The number of hydrogen-bond donors (Lipinski definition) is 1. The van der Waals surface area contributed by atoms with Crippen molar-refractivity contribution in [2.75, 3.05) is 6.54 Å². The maximum absolute atomic E-state index is 10.5. The molecule has 1 heterocycles. The van der Waals surface area contributed by atoms with Crippen LogP contribution in [0.1, 0.15) is 32.6 Å². The van der Waals surface area contributed by atoms with E-state index in [0.717, 1.165) is 12.5 Å². The SMILES string of the molecule is C[C@@H]1CCCC[C@H]1NCCn1ccc([N+](=O)[O-])n1. The molecule has 0 aliphatic heterocycles. The summed E-state index contributed by atoms with van der Waals surface area (Å²) in [7, 11) is 0. The lowest BCUT2D eigenvalue weighted by atomic mass is 9.86. The van der Waals surface area contributed by atoms with Crippen molar-refractivity contribution in [2.45, 2.75) is 45.2 Å². The molecule has 0 radical (unpaired) electrons. The zero-order chi connectivity index (χ0) is 13.0. The van der Waals surface area contributed by atoms with Crippen LogP contribution in [0.5, 0.6) is 0 Å². The van der Waals surface area contributed by atoms with Gasteiger partial charge in [-0.25, -0.2) is 0 Å². The van der Waals surface area contributed by atoms with Gasteiger partial charge in [-0.1, -0.05) is 19.8 Å². The second-order valence-corrected chi connectivity index (χ2v) is 5.02. The first-order valence-corrected chi connectivity index (χ1v) is 6.58. The van der Waals surface area contributed by atoms with E-state index >= 15 is 0 Å². The molecule has 100 valence electrons. The predicted molar refractivity (Wildman–Crippen MR) is 68.3 cm³/mol. The number of aromatic nitrogens is 2. The summed E-state index contributed by atoms with van der Waals surface area (Å²) in [5.41, 5.74) is 0. The maximum atomic E-state index is 10.5. The van der Waals surface area contributed by atoms with Crippen LogP contribution in [-0.2, 0) is 6.54 Å². The molecular formula is C12H20N4O2. The topological polar surface area (TPSA) is 73.0 Å². The summed E-state index contributed by atoms with van der Waals surface area (Å²) in [5.74, 6) is 0.645. The van der Waals surface area contributed by atoms with Crippen molar-refractivity contribution >= 4 is 5.82 Å². The highest BCUT2D eigenvalue weighted by molar-refractivity contribution is 5.13. The zero-order valence-corrected chi connectivity index (χ0v) is 10.7. The Balaban J connectivity index is 1.75. The van der Waals surface area contributed by atoms with E-state index in [1.165, 1.54) is 31.7 Å². The summed E-state index contributed by atoms with van der Waals surface area (Å²) in [6.07, 6.45) is 6.83. The van der Waals surface area contributed by atoms with Gasteiger partial charge < -0.3 is 15.4 Å². The van der Waals surface area contributed by atoms with E-state index in [1.54, 1.807) is 10.9 Å². The molecule has 18 heavy (non-hydrogen) atoms. The Morgan fingerprint density at radius 3 is 3.00 bits per heavy atom. The molecule has 2 rings (SSSR count). The minimum atomic E-state index is -0.465. The van der Waals surface area contributed by atoms with E-state index in [-0.39, 0.29) is 5.82 Å². The highest BCUT2D eigenvalue weighted by Gasteiger charge is 2.20. The van der Waals surface area contributed by atoms with E-state index < -0.39 is 4.92 Å². The number of rotatable bonds is 5. The predicted octanol–water partition coefficient (Wildman–Crippen LogP) is 1.96. The van der Waals surface area contributed by atoms with Crippen LogP contribution in [0.2, 0.25) is 0 Å². The van der Waals surface area contributed by atoms with Crippen molar-refractivity contribution in [3.63, 3.8) is 0 Å². The maximum Gasteiger partial charge on any atom is 0.389 e. The third kappa shape index (κ3) is 3.29. The van der Waals surface area contributed by atoms with E-state index in [1.807, 2.05) is 0 Å². The standard InChI is InChI=1S/C12H20N4O2/c1-10-4-2-3-5-11(10)13-7-9-15-8-6-12(14-15)16(17)18/h6,8,10-11,13H,2-5,7,9H2,1H3/t10-,11-/m1/s1. The molecule has 0 unspecified atom stereocenters. The van der Waals surface area contributed by atoms with Crippen LogP contribution in [0.25, 0.3) is 0 Å². The number of hydrogen-bond acceptors (Lipinski definition) is 4. The fourth-order valence-corrected chi connectivity index (χ4v) is 2.56. The molecule has 6 nitrogen and oxygen atoms in total. The molecule has 1 aliphatic carbocycles. The molecule has 2 atom stereocenters. The monoisotopic (exact) mass is 252 g/mol. The minimum absolute atomic E-state index is 0.0824. The molecule has 0 saturated heterocycles. The van der Waals surface area contributed by atoms with Crippen molar-refractivity contribution in [1.29, 1.82) is 0 Å². The molecule has 1 aliphatic rings. The molecule has 1 aromatic heterocycles. The summed E-state index contributed by atoms with van der Waals surface area (Å²) in [6.45, 7) is 3.78. The van der Waals surface area contributed by atoms with Gasteiger partial charge >= 0.3 is 5.82 Å². The first kappa shape index (κ1) is 13.0. The molecule has 6 heteroatoms. The minimum Gasteiger partial charge on any atom is -0.358 e. The lowest BCUT2D eigenvalue weighted by Gasteiger charge is -2.29. The highest BCUT2D eigenvalue weighted by Crippen LogP contribution is 2.23. The Labute approximate surface area is 107 Å². The number of nitrogens with zero attached hydrogens (tertiary/aromatic N) is 3. The first-order valence-electron chi connectivity index (χ1n) is 6.58. The van der Waals surface area contributed by atoms with Crippen molar-refractivity contribution in [3.8, 4) is 0 Å². The zero-order valence-electron chi connectivity index (χ0n) is 10.7. The van der Waals surface area contributed by atoms with Gasteiger partial charge in [0, 0.05) is 12.6 Å². The van der Waals surface area contributed by atoms with Gasteiger partial charge in [0.15, 0.2) is 0 Å². The number of nitro groups is 1. The van der Waals surface area contributed by atoms with E-state index in [4.69, 9.17) is 0 Å². The van der Waals surface area contributed by atoms with Crippen LogP contribution < -0.4 is 5.32 Å². The normalized spacial score (nSPS) is 24.1. The summed E-state index contributed by atoms with van der Waals surface area (Å²) in [4.78, 5) is 10.0. The Morgan fingerprint density at radius 2 is 2.33 bits per heavy atom. The molecule has 1 saturated carbocycles. The second kappa shape index (κ2) is 5.95. The highest BCUT2D eigenvalue weighted by atomic mass is 16.6. The Hall–Kier alpha value is -1.43. The third-order valence-electron chi connectivity index (χ3n) is 3.67. The average molecular weight is 252 g/mol. The summed E-state index contributed by atoms with van der Waals surface area (Å²) >= 11 is 0. The summed E-state index contributed by atoms with van der Waals surface area (Å²) in [6, 6.07) is 2.02. The summed E-state index contributed by atoms with van der Waals surface area (Å²) < 4.78 is 1.62. The Kier molecular flexibility index (Phi) is 4.30. The van der Waals surface area contributed by atoms with Crippen molar-refractivity contribution in [3.05, 3.63) is 22.4 Å². The van der Waals surface area contributed by atoms with Gasteiger partial charge in [0.1, 0.15) is 0 Å². The van der Waals surface area contributed by atoms with Gasteiger partial charge in [-0.2, -0.15) is 4.68 Å². The van der Waals surface area contributed by atoms with E-state index in [0.29, 0.717) is 12.6 Å². The fourth-order valence-electron chi connectivity index (χ4n) is 2.56. The van der Waals surface area contributed by atoms with Crippen LogP contribution in [0.15, 0.2) is 12.3 Å². The Morgan fingerprint density at radius 1 is 1.56 bits per heavy atom. The van der Waals surface area contributed by atoms with Gasteiger partial charge in [0.2, 0.25) is 0 Å². The average Bonchev–Trinajstić information content (AvgIpc) is 2.80. The van der Waals surface area contributed by atoms with Crippen LogP contribution in [0.4, 0.5) is 5.82 Å². The van der Waals surface area contributed by atoms with Gasteiger partial charge in [-0.3, -0.25) is 0 Å².